The summed E-state index contributed by atoms with van der Waals surface area (Å²) < 4.78 is 16.5. The molecule has 1 aromatic rings. The van der Waals surface area contributed by atoms with Crippen molar-refractivity contribution in [2.75, 3.05) is 18.7 Å². The van der Waals surface area contributed by atoms with Crippen LogP contribution >= 0.6 is 23.4 Å². The lowest BCUT2D eigenvalue weighted by molar-refractivity contribution is -0.178. The molecule has 28 heavy (non-hydrogen) atoms. The lowest BCUT2D eigenvalue weighted by Crippen LogP contribution is -2.67. The van der Waals surface area contributed by atoms with Gasteiger partial charge in [0.1, 0.15) is 23.4 Å². The third-order valence-electron chi connectivity index (χ3n) is 4.36. The lowest BCUT2D eigenvalue weighted by Gasteiger charge is -2.50. The Morgan fingerprint density at radius 1 is 1.29 bits per heavy atom. The quantitative estimate of drug-likeness (QED) is 0.395. The normalized spacial score (nSPS) is 21.9. The van der Waals surface area contributed by atoms with E-state index in [9.17, 15) is 9.59 Å². The summed E-state index contributed by atoms with van der Waals surface area (Å²) in [5.74, 6) is 0.687. The summed E-state index contributed by atoms with van der Waals surface area (Å²) in [6.45, 7) is 5.81. The maximum Gasteiger partial charge on any atom is 0.355 e. The van der Waals surface area contributed by atoms with Gasteiger partial charge in [0.15, 0.2) is 6.10 Å². The molecule has 2 heterocycles. The van der Waals surface area contributed by atoms with Crippen LogP contribution in [0.3, 0.4) is 0 Å². The second-order valence-corrected chi connectivity index (χ2v) is 8.94. The van der Waals surface area contributed by atoms with Gasteiger partial charge in [0.05, 0.1) is 12.7 Å². The number of halogens is 1. The minimum absolute atomic E-state index is 0.101. The Balaban J connectivity index is 1.72. The van der Waals surface area contributed by atoms with Crippen molar-refractivity contribution < 1.29 is 23.8 Å². The Hall–Kier alpha value is -1.70. The second kappa shape index (κ2) is 8.35. The van der Waals surface area contributed by atoms with Crippen LogP contribution in [0, 0.1) is 0 Å². The first-order chi connectivity index (χ1) is 13.2. The Bertz CT molecular complexity index is 787. The van der Waals surface area contributed by atoms with Gasteiger partial charge in [-0.3, -0.25) is 9.69 Å². The number of fused-ring (bicyclic) bond motifs is 1. The van der Waals surface area contributed by atoms with E-state index in [0.717, 1.165) is 11.3 Å². The molecule has 1 saturated heterocycles. The van der Waals surface area contributed by atoms with E-state index in [1.165, 1.54) is 4.90 Å². The van der Waals surface area contributed by atoms with E-state index in [-0.39, 0.29) is 29.5 Å². The molecule has 152 valence electrons. The molecule has 0 aromatic heterocycles. The first-order valence-electron chi connectivity index (χ1n) is 8.95. The van der Waals surface area contributed by atoms with Crippen LogP contribution in [0.15, 0.2) is 35.5 Å². The van der Waals surface area contributed by atoms with E-state index in [0.29, 0.717) is 11.3 Å². The molecule has 1 aromatic carbocycles. The zero-order valence-corrected chi connectivity index (χ0v) is 17.9. The fourth-order valence-corrected chi connectivity index (χ4v) is 4.68. The molecule has 2 aliphatic rings. The maximum atomic E-state index is 12.8. The number of esters is 1. The molecular weight excluding hydrogens is 402 g/mol. The summed E-state index contributed by atoms with van der Waals surface area (Å²) in [5, 5.41) is -0.234. The Morgan fingerprint density at radius 3 is 2.54 bits per heavy atom. The number of carbonyl (C=O) groups excluding carboxylic acids is 2. The molecule has 0 aliphatic carbocycles. The first kappa shape index (κ1) is 21.0. The Morgan fingerprint density at radius 2 is 1.96 bits per heavy atom. The smallest absolute Gasteiger partial charge is 0.355 e. The summed E-state index contributed by atoms with van der Waals surface area (Å²) in [5.41, 5.74) is 1.34. The largest absolute Gasteiger partial charge is 0.497 e. The molecule has 0 bridgehead atoms. The number of hydrogen-bond donors (Lipinski definition) is 0. The van der Waals surface area contributed by atoms with Crippen molar-refractivity contribution in [2.45, 2.75) is 44.5 Å². The zero-order valence-electron chi connectivity index (χ0n) is 16.4. The molecule has 3 rings (SSSR count). The van der Waals surface area contributed by atoms with Crippen LogP contribution in [0.4, 0.5) is 0 Å². The molecule has 0 N–H and O–H groups in total. The highest BCUT2D eigenvalue weighted by atomic mass is 35.5. The van der Waals surface area contributed by atoms with E-state index in [2.05, 4.69) is 0 Å². The molecule has 1 amide bonds. The maximum absolute atomic E-state index is 12.8. The van der Waals surface area contributed by atoms with Crippen LogP contribution < -0.4 is 4.74 Å². The average molecular weight is 426 g/mol. The van der Waals surface area contributed by atoms with Gasteiger partial charge in [-0.1, -0.05) is 12.1 Å². The van der Waals surface area contributed by atoms with Crippen molar-refractivity contribution in [2.24, 2.45) is 0 Å². The number of β-lactam (4-membered cyclic amide) rings is 1. The highest BCUT2D eigenvalue weighted by Crippen LogP contribution is 2.43. The third kappa shape index (κ3) is 4.31. The van der Waals surface area contributed by atoms with Gasteiger partial charge in [-0.2, -0.15) is 0 Å². The molecule has 2 aliphatic heterocycles. The predicted molar refractivity (Wildman–Crippen MR) is 108 cm³/mol. The van der Waals surface area contributed by atoms with Crippen LogP contribution in [0.25, 0.3) is 0 Å². The minimum Gasteiger partial charge on any atom is -0.497 e. The van der Waals surface area contributed by atoms with Crippen LogP contribution in [-0.4, -0.2) is 52.6 Å². The fraction of sp³-hybridized carbons (Fsp3) is 0.500. The van der Waals surface area contributed by atoms with Gasteiger partial charge < -0.3 is 14.2 Å². The van der Waals surface area contributed by atoms with Gasteiger partial charge in [0.25, 0.3) is 5.91 Å². The monoisotopic (exact) mass is 425 g/mol. The number of carbonyl (C=O) groups is 2. The molecule has 0 spiro atoms. The van der Waals surface area contributed by atoms with Gasteiger partial charge in [-0.25, -0.2) is 4.79 Å². The van der Waals surface area contributed by atoms with Crippen molar-refractivity contribution in [3.63, 3.8) is 0 Å². The minimum atomic E-state index is -0.564. The van der Waals surface area contributed by atoms with Crippen LogP contribution in [-0.2, 0) is 25.7 Å². The molecule has 0 radical (unpaired) electrons. The van der Waals surface area contributed by atoms with Gasteiger partial charge in [0.2, 0.25) is 0 Å². The van der Waals surface area contributed by atoms with Gasteiger partial charge in [-0.15, -0.1) is 23.4 Å². The third-order valence-corrected chi connectivity index (χ3v) is 6.00. The standard InChI is InChI=1S/C20H24ClNO5S/c1-20(2,3)27-16-17(23)22-15(13(9-21)11-28-18(16)22)19(24)26-10-12-5-7-14(25-4)8-6-12/h5-8,16,18H,9-11H2,1-4H3/t16-,18-/m0/s1. The summed E-state index contributed by atoms with van der Waals surface area (Å²) in [7, 11) is 1.59. The summed E-state index contributed by atoms with van der Waals surface area (Å²) >= 11 is 7.59. The molecule has 1 fully saturated rings. The summed E-state index contributed by atoms with van der Waals surface area (Å²) in [4.78, 5) is 26.9. The number of alkyl halides is 1. The second-order valence-electron chi connectivity index (χ2n) is 7.57. The molecule has 2 atom stereocenters. The predicted octanol–water partition coefficient (Wildman–Crippen LogP) is 3.33. The van der Waals surface area contributed by atoms with Crippen molar-refractivity contribution in [3.8, 4) is 5.75 Å². The van der Waals surface area contributed by atoms with E-state index in [4.69, 9.17) is 25.8 Å². The van der Waals surface area contributed by atoms with E-state index >= 15 is 0 Å². The fourth-order valence-electron chi connectivity index (χ4n) is 3.03. The number of methoxy groups -OCH3 is 1. The lowest BCUT2D eigenvalue weighted by atomic mass is 10.0. The van der Waals surface area contributed by atoms with Crippen molar-refractivity contribution >= 4 is 35.2 Å². The summed E-state index contributed by atoms with van der Waals surface area (Å²) in [6, 6.07) is 7.25. The number of benzene rings is 1. The highest BCUT2D eigenvalue weighted by molar-refractivity contribution is 8.00. The molecule has 0 saturated carbocycles. The number of hydrogen-bond acceptors (Lipinski definition) is 6. The molecule has 6 nitrogen and oxygen atoms in total. The number of rotatable bonds is 6. The Kier molecular flexibility index (Phi) is 6.27. The summed E-state index contributed by atoms with van der Waals surface area (Å²) in [6.07, 6.45) is -0.564. The van der Waals surface area contributed by atoms with Crippen LogP contribution in [0.5, 0.6) is 5.75 Å². The average Bonchev–Trinajstić information content (AvgIpc) is 2.68. The van der Waals surface area contributed by atoms with E-state index in [1.807, 2.05) is 32.9 Å². The zero-order chi connectivity index (χ0) is 20.5. The number of amides is 1. The van der Waals surface area contributed by atoms with Gasteiger partial charge in [-0.05, 0) is 44.0 Å². The SMILES string of the molecule is COc1ccc(COC(=O)C2=C(CCl)CS[C@H]3[C@@H](OC(C)(C)C)C(=O)N23)cc1. The number of nitrogens with zero attached hydrogens (tertiary/aromatic N) is 1. The van der Waals surface area contributed by atoms with Crippen molar-refractivity contribution in [3.05, 3.63) is 41.1 Å². The number of thioether (sulfide) groups is 1. The Labute approximate surface area is 174 Å². The topological polar surface area (TPSA) is 65.1 Å². The first-order valence-corrected chi connectivity index (χ1v) is 10.5. The molecule has 0 unspecified atom stereocenters. The molecule has 8 heteroatoms. The van der Waals surface area contributed by atoms with Crippen LogP contribution in [0.1, 0.15) is 26.3 Å². The van der Waals surface area contributed by atoms with Gasteiger partial charge in [0, 0.05) is 11.6 Å². The highest BCUT2D eigenvalue weighted by Gasteiger charge is 2.55. The molecular formula is C20H24ClNO5S. The van der Waals surface area contributed by atoms with Gasteiger partial charge >= 0.3 is 5.97 Å². The van der Waals surface area contributed by atoms with Crippen molar-refractivity contribution in [1.29, 1.82) is 0 Å². The number of ether oxygens (including phenoxy) is 3. The van der Waals surface area contributed by atoms with E-state index in [1.54, 1.807) is 31.0 Å². The van der Waals surface area contributed by atoms with Crippen molar-refractivity contribution in [1.82, 2.24) is 4.90 Å². The van der Waals surface area contributed by atoms with Crippen LogP contribution in [0.2, 0.25) is 0 Å². The van der Waals surface area contributed by atoms with E-state index < -0.39 is 17.7 Å².